The van der Waals surface area contributed by atoms with E-state index in [4.69, 9.17) is 10.3 Å². The predicted octanol–water partition coefficient (Wildman–Crippen LogP) is 4.07. The summed E-state index contributed by atoms with van der Waals surface area (Å²) in [6.07, 6.45) is -4.42. The molecular formula is C13H8F3N3OS. The molecule has 0 radical (unpaired) electrons. The predicted molar refractivity (Wildman–Crippen MR) is 72.5 cm³/mol. The molecule has 0 spiro atoms. The zero-order valence-electron chi connectivity index (χ0n) is 10.4. The number of thiophene rings is 1. The van der Waals surface area contributed by atoms with E-state index < -0.39 is 11.7 Å². The number of aromatic nitrogens is 2. The van der Waals surface area contributed by atoms with Gasteiger partial charge in [0.05, 0.1) is 16.1 Å². The van der Waals surface area contributed by atoms with Gasteiger partial charge in [-0.25, -0.2) is 0 Å². The van der Waals surface area contributed by atoms with Crippen LogP contribution in [0.4, 0.5) is 18.2 Å². The Hall–Kier alpha value is -2.35. The highest BCUT2D eigenvalue weighted by molar-refractivity contribution is 7.14. The Morgan fingerprint density at radius 1 is 1.19 bits per heavy atom. The summed E-state index contributed by atoms with van der Waals surface area (Å²) >= 11 is 1.31. The Morgan fingerprint density at radius 3 is 2.67 bits per heavy atom. The molecule has 3 aromatic rings. The van der Waals surface area contributed by atoms with Crippen molar-refractivity contribution in [1.82, 2.24) is 10.1 Å². The molecule has 0 saturated carbocycles. The zero-order chi connectivity index (χ0) is 15.0. The standard InChI is InChI=1S/C13H8F3N3OS/c14-13(15,16)8-3-1-2-7(6-8)11-18-12(20-19-11)9-4-5-21-10(9)17/h1-6H,17H2. The molecule has 0 fully saturated rings. The van der Waals surface area contributed by atoms with Crippen molar-refractivity contribution in [1.29, 1.82) is 0 Å². The lowest BCUT2D eigenvalue weighted by Crippen LogP contribution is -2.04. The number of alkyl halides is 3. The molecule has 0 unspecified atom stereocenters. The molecule has 3 rings (SSSR count). The molecule has 2 heterocycles. The van der Waals surface area contributed by atoms with Gasteiger partial charge < -0.3 is 10.3 Å². The maximum absolute atomic E-state index is 12.7. The lowest BCUT2D eigenvalue weighted by atomic mass is 10.1. The summed E-state index contributed by atoms with van der Waals surface area (Å²) in [5, 5.41) is 5.97. The molecule has 21 heavy (non-hydrogen) atoms. The average Bonchev–Trinajstić information content (AvgIpc) is 3.06. The van der Waals surface area contributed by atoms with Gasteiger partial charge in [0.15, 0.2) is 0 Å². The van der Waals surface area contributed by atoms with Crippen LogP contribution in [0.1, 0.15) is 5.56 Å². The first kappa shape index (κ1) is 13.6. The lowest BCUT2D eigenvalue weighted by Gasteiger charge is -2.06. The molecular weight excluding hydrogens is 303 g/mol. The molecule has 0 aliphatic carbocycles. The maximum atomic E-state index is 12.7. The van der Waals surface area contributed by atoms with Crippen molar-refractivity contribution in [2.75, 3.05) is 5.73 Å². The second-order valence-corrected chi connectivity index (χ2v) is 5.15. The van der Waals surface area contributed by atoms with Crippen LogP contribution in [0.5, 0.6) is 0 Å². The molecule has 1 aromatic carbocycles. The molecule has 108 valence electrons. The third-order valence-corrected chi connectivity index (χ3v) is 3.55. The number of nitrogen functional groups attached to an aromatic ring is 1. The van der Waals surface area contributed by atoms with Crippen molar-refractivity contribution >= 4 is 16.3 Å². The fourth-order valence-corrected chi connectivity index (χ4v) is 2.42. The van der Waals surface area contributed by atoms with Crippen LogP contribution in [0.25, 0.3) is 22.8 Å². The summed E-state index contributed by atoms with van der Waals surface area (Å²) in [7, 11) is 0. The Kier molecular flexibility index (Phi) is 3.17. The van der Waals surface area contributed by atoms with Crippen LogP contribution in [0.15, 0.2) is 40.2 Å². The zero-order valence-corrected chi connectivity index (χ0v) is 11.2. The van der Waals surface area contributed by atoms with Gasteiger partial charge in [0.1, 0.15) is 0 Å². The summed E-state index contributed by atoms with van der Waals surface area (Å²) in [6, 6.07) is 6.46. The highest BCUT2D eigenvalue weighted by atomic mass is 32.1. The van der Waals surface area contributed by atoms with Crippen LogP contribution in [0.2, 0.25) is 0 Å². The fourth-order valence-electron chi connectivity index (χ4n) is 1.78. The van der Waals surface area contributed by atoms with Gasteiger partial charge in [-0.2, -0.15) is 18.2 Å². The summed E-state index contributed by atoms with van der Waals surface area (Å²) in [4.78, 5) is 4.09. The largest absolute Gasteiger partial charge is 0.416 e. The summed E-state index contributed by atoms with van der Waals surface area (Å²) < 4.78 is 43.1. The Bertz CT molecular complexity index is 779. The minimum absolute atomic E-state index is 0.0849. The van der Waals surface area contributed by atoms with Gasteiger partial charge in [0.25, 0.3) is 5.89 Å². The van der Waals surface area contributed by atoms with Crippen LogP contribution in [-0.4, -0.2) is 10.1 Å². The number of anilines is 1. The first-order chi connectivity index (χ1) is 9.95. The molecule has 4 nitrogen and oxygen atoms in total. The lowest BCUT2D eigenvalue weighted by molar-refractivity contribution is -0.137. The van der Waals surface area contributed by atoms with Crippen molar-refractivity contribution in [2.24, 2.45) is 0 Å². The van der Waals surface area contributed by atoms with Crippen LogP contribution in [0, 0.1) is 0 Å². The van der Waals surface area contributed by atoms with Crippen LogP contribution in [0.3, 0.4) is 0 Å². The van der Waals surface area contributed by atoms with E-state index in [2.05, 4.69) is 10.1 Å². The van der Waals surface area contributed by atoms with E-state index in [0.717, 1.165) is 12.1 Å². The summed E-state index contributed by atoms with van der Waals surface area (Å²) in [5.74, 6) is 0.267. The van der Waals surface area contributed by atoms with E-state index in [1.165, 1.54) is 23.5 Å². The van der Waals surface area contributed by atoms with Gasteiger partial charge in [-0.1, -0.05) is 17.3 Å². The van der Waals surface area contributed by atoms with Gasteiger partial charge in [0, 0.05) is 5.56 Å². The Labute approximate surface area is 121 Å². The monoisotopic (exact) mass is 311 g/mol. The second kappa shape index (κ2) is 4.88. The topological polar surface area (TPSA) is 64.9 Å². The van der Waals surface area contributed by atoms with E-state index in [-0.39, 0.29) is 17.3 Å². The van der Waals surface area contributed by atoms with E-state index in [1.54, 1.807) is 11.4 Å². The number of halogens is 3. The van der Waals surface area contributed by atoms with Gasteiger partial charge in [0.2, 0.25) is 5.82 Å². The highest BCUT2D eigenvalue weighted by Crippen LogP contribution is 2.33. The van der Waals surface area contributed by atoms with Crippen molar-refractivity contribution < 1.29 is 17.7 Å². The van der Waals surface area contributed by atoms with Crippen molar-refractivity contribution in [2.45, 2.75) is 6.18 Å². The summed E-state index contributed by atoms with van der Waals surface area (Å²) in [6.45, 7) is 0. The van der Waals surface area contributed by atoms with Crippen LogP contribution >= 0.6 is 11.3 Å². The first-order valence-electron chi connectivity index (χ1n) is 5.80. The molecule has 2 aromatic heterocycles. The minimum Gasteiger partial charge on any atom is -0.390 e. The highest BCUT2D eigenvalue weighted by Gasteiger charge is 2.30. The number of nitrogens with zero attached hydrogens (tertiary/aromatic N) is 2. The maximum Gasteiger partial charge on any atom is 0.416 e. The fraction of sp³-hybridized carbons (Fsp3) is 0.0769. The third-order valence-electron chi connectivity index (χ3n) is 2.80. The SMILES string of the molecule is Nc1sccc1-c1nc(-c2cccc(C(F)(F)F)c2)no1. The second-order valence-electron chi connectivity index (χ2n) is 4.20. The number of nitrogens with two attached hydrogens (primary N) is 1. The number of rotatable bonds is 2. The normalized spacial score (nSPS) is 11.8. The number of benzene rings is 1. The molecule has 8 heteroatoms. The average molecular weight is 311 g/mol. The third kappa shape index (κ3) is 2.62. The van der Waals surface area contributed by atoms with E-state index in [1.807, 2.05) is 0 Å². The summed E-state index contributed by atoms with van der Waals surface area (Å²) in [5.41, 5.74) is 5.79. The van der Waals surface area contributed by atoms with E-state index >= 15 is 0 Å². The quantitative estimate of drug-likeness (QED) is 0.775. The van der Waals surface area contributed by atoms with Crippen molar-refractivity contribution in [3.05, 3.63) is 41.3 Å². The van der Waals surface area contributed by atoms with Gasteiger partial charge in [-0.15, -0.1) is 11.3 Å². The van der Waals surface area contributed by atoms with Crippen molar-refractivity contribution in [3.8, 4) is 22.8 Å². The van der Waals surface area contributed by atoms with Gasteiger partial charge >= 0.3 is 6.18 Å². The van der Waals surface area contributed by atoms with Gasteiger partial charge in [-0.05, 0) is 23.6 Å². The molecule has 0 amide bonds. The number of hydrogen-bond acceptors (Lipinski definition) is 5. The van der Waals surface area contributed by atoms with Gasteiger partial charge in [-0.3, -0.25) is 0 Å². The van der Waals surface area contributed by atoms with Crippen LogP contribution < -0.4 is 5.73 Å². The van der Waals surface area contributed by atoms with Crippen molar-refractivity contribution in [3.63, 3.8) is 0 Å². The minimum atomic E-state index is -4.42. The van der Waals surface area contributed by atoms with E-state index in [0.29, 0.717) is 10.6 Å². The molecule has 0 atom stereocenters. The molecule has 0 saturated heterocycles. The Balaban J connectivity index is 1.99. The molecule has 0 aliphatic heterocycles. The van der Waals surface area contributed by atoms with Crippen LogP contribution in [-0.2, 0) is 6.18 Å². The molecule has 2 N–H and O–H groups in total. The first-order valence-corrected chi connectivity index (χ1v) is 6.68. The Morgan fingerprint density at radius 2 is 2.00 bits per heavy atom. The number of hydrogen-bond donors (Lipinski definition) is 1. The van der Waals surface area contributed by atoms with E-state index in [9.17, 15) is 13.2 Å². The molecule has 0 aliphatic rings. The smallest absolute Gasteiger partial charge is 0.390 e. The molecule has 0 bridgehead atoms.